The van der Waals surface area contributed by atoms with Gasteiger partial charge in [-0.2, -0.15) is 0 Å². The van der Waals surface area contributed by atoms with E-state index in [1.165, 1.54) is 19.2 Å². The fraction of sp³-hybridized carbons (Fsp3) is 0.333. The van der Waals surface area contributed by atoms with Crippen molar-refractivity contribution >= 4 is 33.4 Å². The lowest BCUT2D eigenvalue weighted by atomic mass is 10.2. The fourth-order valence-corrected chi connectivity index (χ4v) is 1.36. The lowest BCUT2D eigenvalue weighted by molar-refractivity contribution is -0.384. The van der Waals surface area contributed by atoms with E-state index < -0.39 is 16.8 Å². The molecule has 0 aromatic carbocycles. The number of nitrogens with one attached hydrogen (secondary N) is 1. The third-order valence-corrected chi connectivity index (χ3v) is 2.46. The summed E-state index contributed by atoms with van der Waals surface area (Å²) in [7, 11) is 0. The number of anilines is 1. The standard InChI is InChI=1S/C9H10BrN3O4/c1-5(9(14)15)3-11-8-7(13(16)17)2-6(10)4-12-8/h2,4-5H,3H2,1H3,(H,11,12)(H,14,15). The summed E-state index contributed by atoms with van der Waals surface area (Å²) in [6.07, 6.45) is 1.40. The number of halogens is 1. The minimum absolute atomic E-state index is 0.0614. The Hall–Kier alpha value is -1.70. The van der Waals surface area contributed by atoms with E-state index in [4.69, 9.17) is 5.11 Å². The number of hydrogen-bond donors (Lipinski definition) is 2. The molecular formula is C9H10BrN3O4. The summed E-state index contributed by atoms with van der Waals surface area (Å²) in [5.41, 5.74) is -0.197. The zero-order valence-corrected chi connectivity index (χ0v) is 10.5. The second-order valence-electron chi connectivity index (χ2n) is 3.40. The number of carboxylic acid groups (broad SMARTS) is 1. The van der Waals surface area contributed by atoms with Crippen molar-refractivity contribution in [1.82, 2.24) is 4.98 Å². The summed E-state index contributed by atoms with van der Waals surface area (Å²) in [5, 5.41) is 22.1. The number of hydrogen-bond acceptors (Lipinski definition) is 5. The molecule has 1 atom stereocenters. The van der Waals surface area contributed by atoms with Gasteiger partial charge in [0.15, 0.2) is 0 Å². The van der Waals surface area contributed by atoms with Gasteiger partial charge in [-0.1, -0.05) is 6.92 Å². The van der Waals surface area contributed by atoms with E-state index in [1.54, 1.807) is 0 Å². The van der Waals surface area contributed by atoms with Crippen LogP contribution in [0.3, 0.4) is 0 Å². The van der Waals surface area contributed by atoms with Crippen LogP contribution in [0.4, 0.5) is 11.5 Å². The van der Waals surface area contributed by atoms with Crippen molar-refractivity contribution in [1.29, 1.82) is 0 Å². The van der Waals surface area contributed by atoms with Crippen LogP contribution in [0.25, 0.3) is 0 Å². The van der Waals surface area contributed by atoms with Crippen LogP contribution in [-0.2, 0) is 4.79 Å². The summed E-state index contributed by atoms with van der Waals surface area (Å²) in [6, 6.07) is 1.31. The Labute approximate surface area is 105 Å². The van der Waals surface area contributed by atoms with Gasteiger partial charge in [0.25, 0.3) is 0 Å². The number of nitrogens with zero attached hydrogens (tertiary/aromatic N) is 2. The Bertz CT molecular complexity index is 452. The number of rotatable bonds is 5. The summed E-state index contributed by atoms with van der Waals surface area (Å²) in [4.78, 5) is 24.6. The smallest absolute Gasteiger partial charge is 0.312 e. The van der Waals surface area contributed by atoms with Gasteiger partial charge in [-0.25, -0.2) is 4.98 Å². The SMILES string of the molecule is CC(CNc1ncc(Br)cc1[N+](=O)[O-])C(=O)O. The number of aromatic nitrogens is 1. The van der Waals surface area contributed by atoms with Crippen LogP contribution in [0.1, 0.15) is 6.92 Å². The number of carbonyl (C=O) groups is 1. The van der Waals surface area contributed by atoms with E-state index >= 15 is 0 Å². The first-order valence-electron chi connectivity index (χ1n) is 4.68. The van der Waals surface area contributed by atoms with E-state index in [0.717, 1.165) is 0 Å². The second kappa shape index (κ2) is 5.58. The van der Waals surface area contributed by atoms with Crippen molar-refractivity contribution in [2.45, 2.75) is 6.92 Å². The molecule has 0 saturated carbocycles. The lowest BCUT2D eigenvalue weighted by Crippen LogP contribution is -2.20. The Morgan fingerprint density at radius 1 is 1.76 bits per heavy atom. The summed E-state index contributed by atoms with van der Waals surface area (Å²) >= 11 is 3.08. The third kappa shape index (κ3) is 3.66. The molecule has 2 N–H and O–H groups in total. The molecule has 0 aliphatic carbocycles. The first-order valence-corrected chi connectivity index (χ1v) is 5.47. The number of aliphatic carboxylic acids is 1. The van der Waals surface area contributed by atoms with Crippen molar-refractivity contribution in [3.05, 3.63) is 26.9 Å². The van der Waals surface area contributed by atoms with Crippen LogP contribution >= 0.6 is 15.9 Å². The van der Waals surface area contributed by atoms with Crippen LogP contribution in [-0.4, -0.2) is 27.5 Å². The first kappa shape index (κ1) is 13.4. The van der Waals surface area contributed by atoms with Crippen molar-refractivity contribution < 1.29 is 14.8 Å². The molecule has 92 valence electrons. The maximum atomic E-state index is 10.7. The lowest BCUT2D eigenvalue weighted by Gasteiger charge is -2.08. The molecule has 0 bridgehead atoms. The molecule has 7 nitrogen and oxygen atoms in total. The molecule has 1 aromatic heterocycles. The molecular weight excluding hydrogens is 294 g/mol. The predicted octanol–water partition coefficient (Wildman–Crippen LogP) is 1.88. The number of nitro groups is 1. The largest absolute Gasteiger partial charge is 0.481 e. The highest BCUT2D eigenvalue weighted by molar-refractivity contribution is 9.10. The molecule has 0 aliphatic rings. The van der Waals surface area contributed by atoms with Crippen LogP contribution < -0.4 is 5.32 Å². The molecule has 8 heteroatoms. The van der Waals surface area contributed by atoms with Gasteiger partial charge >= 0.3 is 11.7 Å². The molecule has 0 spiro atoms. The van der Waals surface area contributed by atoms with Crippen molar-refractivity contribution in [3.8, 4) is 0 Å². The zero-order chi connectivity index (χ0) is 13.0. The van der Waals surface area contributed by atoms with Crippen molar-refractivity contribution in [3.63, 3.8) is 0 Å². The molecule has 1 heterocycles. The maximum Gasteiger partial charge on any atom is 0.312 e. The van der Waals surface area contributed by atoms with E-state index in [9.17, 15) is 14.9 Å². The second-order valence-corrected chi connectivity index (χ2v) is 4.31. The highest BCUT2D eigenvalue weighted by atomic mass is 79.9. The summed E-state index contributed by atoms with van der Waals surface area (Å²) < 4.78 is 0.487. The normalized spacial score (nSPS) is 11.9. The predicted molar refractivity (Wildman–Crippen MR) is 63.9 cm³/mol. The molecule has 1 aromatic rings. The molecule has 1 unspecified atom stereocenters. The van der Waals surface area contributed by atoms with E-state index in [2.05, 4.69) is 26.2 Å². The Balaban J connectivity index is 2.84. The third-order valence-electron chi connectivity index (χ3n) is 2.03. The number of pyridine rings is 1. The van der Waals surface area contributed by atoms with Gasteiger partial charge in [-0.15, -0.1) is 0 Å². The van der Waals surface area contributed by atoms with E-state index in [1.807, 2.05) is 0 Å². The molecule has 17 heavy (non-hydrogen) atoms. The van der Waals surface area contributed by atoms with Gasteiger partial charge in [0.05, 0.1) is 10.8 Å². The summed E-state index contributed by atoms with van der Waals surface area (Å²) in [6.45, 7) is 1.57. The maximum absolute atomic E-state index is 10.7. The monoisotopic (exact) mass is 303 g/mol. The number of carboxylic acids is 1. The van der Waals surface area contributed by atoms with Gasteiger partial charge in [-0.05, 0) is 15.9 Å². The van der Waals surface area contributed by atoms with Gasteiger partial charge in [0.1, 0.15) is 0 Å². The van der Waals surface area contributed by atoms with Crippen LogP contribution in [0.15, 0.2) is 16.7 Å². The van der Waals surface area contributed by atoms with Crippen molar-refractivity contribution in [2.24, 2.45) is 5.92 Å². The molecule has 0 amide bonds. The van der Waals surface area contributed by atoms with Gasteiger partial charge in [0.2, 0.25) is 5.82 Å². The van der Waals surface area contributed by atoms with Crippen molar-refractivity contribution in [2.75, 3.05) is 11.9 Å². The van der Waals surface area contributed by atoms with Crippen LogP contribution in [0, 0.1) is 16.0 Å². The zero-order valence-electron chi connectivity index (χ0n) is 8.88. The van der Waals surface area contributed by atoms with Crippen LogP contribution in [0.2, 0.25) is 0 Å². The van der Waals surface area contributed by atoms with Gasteiger partial charge in [0, 0.05) is 23.3 Å². The first-order chi connectivity index (χ1) is 7.91. The molecule has 0 aliphatic heterocycles. The molecule has 0 radical (unpaired) electrons. The van der Waals surface area contributed by atoms with Gasteiger partial charge in [-0.3, -0.25) is 14.9 Å². The van der Waals surface area contributed by atoms with Gasteiger partial charge < -0.3 is 10.4 Å². The Morgan fingerprint density at radius 2 is 2.41 bits per heavy atom. The fourth-order valence-electron chi connectivity index (χ4n) is 1.04. The topological polar surface area (TPSA) is 105 Å². The highest BCUT2D eigenvalue weighted by Gasteiger charge is 2.18. The average Bonchev–Trinajstić information content (AvgIpc) is 2.26. The minimum Gasteiger partial charge on any atom is -0.481 e. The minimum atomic E-state index is -0.975. The Morgan fingerprint density at radius 3 is 2.94 bits per heavy atom. The Kier molecular flexibility index (Phi) is 4.38. The average molecular weight is 304 g/mol. The highest BCUT2D eigenvalue weighted by Crippen LogP contribution is 2.25. The van der Waals surface area contributed by atoms with E-state index in [-0.39, 0.29) is 18.1 Å². The summed E-state index contributed by atoms with van der Waals surface area (Å²) in [5.74, 6) is -1.57. The molecule has 0 saturated heterocycles. The molecule has 1 rings (SSSR count). The van der Waals surface area contributed by atoms with E-state index in [0.29, 0.717) is 4.47 Å². The quantitative estimate of drug-likeness (QED) is 0.635. The van der Waals surface area contributed by atoms with Crippen LogP contribution in [0.5, 0.6) is 0 Å². The molecule has 0 fully saturated rings.